The van der Waals surface area contributed by atoms with Crippen LogP contribution in [0.1, 0.15) is 31.2 Å². The van der Waals surface area contributed by atoms with E-state index in [0.29, 0.717) is 11.8 Å². The number of hydrogen-bond acceptors (Lipinski definition) is 4. The number of hydrogen-bond donors (Lipinski definition) is 0. The molecule has 3 fully saturated rings. The van der Waals surface area contributed by atoms with Gasteiger partial charge < -0.3 is 9.47 Å². The lowest BCUT2D eigenvalue weighted by Crippen LogP contribution is -2.68. The summed E-state index contributed by atoms with van der Waals surface area (Å²) in [5.41, 5.74) is 0.693. The topological polar surface area (TPSA) is 36.9 Å². The van der Waals surface area contributed by atoms with Gasteiger partial charge in [-0.05, 0) is 49.7 Å². The molecule has 4 nitrogen and oxygen atoms in total. The zero-order chi connectivity index (χ0) is 13.8. The van der Waals surface area contributed by atoms with E-state index in [4.69, 9.17) is 19.2 Å². The van der Waals surface area contributed by atoms with Crippen LogP contribution in [0.2, 0.25) is 0 Å². The average molecular weight is 276 g/mol. The predicted octanol–water partition coefficient (Wildman–Crippen LogP) is 3.02. The molecule has 0 radical (unpaired) electrons. The fourth-order valence-electron chi connectivity index (χ4n) is 3.66. The Kier molecular flexibility index (Phi) is 2.65. The summed E-state index contributed by atoms with van der Waals surface area (Å²) in [5.74, 6) is 1.14. The molecule has 2 saturated carbocycles. The molecule has 0 N–H and O–H groups in total. The Morgan fingerprint density at radius 3 is 2.20 bits per heavy atom. The molecule has 0 aromatic heterocycles. The highest BCUT2D eigenvalue weighted by Crippen LogP contribution is 2.67. The Labute approximate surface area is 118 Å². The quantitative estimate of drug-likeness (QED) is 0.775. The van der Waals surface area contributed by atoms with Crippen molar-refractivity contribution in [2.24, 2.45) is 11.8 Å². The van der Waals surface area contributed by atoms with Gasteiger partial charge in [0.1, 0.15) is 5.75 Å². The first-order valence-electron chi connectivity index (χ1n) is 7.33. The van der Waals surface area contributed by atoms with E-state index in [-0.39, 0.29) is 5.60 Å². The van der Waals surface area contributed by atoms with E-state index in [1.54, 1.807) is 14.2 Å². The molecule has 0 spiro atoms. The highest BCUT2D eigenvalue weighted by molar-refractivity contribution is 5.36. The highest BCUT2D eigenvalue weighted by atomic mass is 17.3. The summed E-state index contributed by atoms with van der Waals surface area (Å²) in [6.45, 7) is 0. The van der Waals surface area contributed by atoms with Crippen LogP contribution in [0.5, 0.6) is 5.75 Å². The maximum atomic E-state index is 5.88. The van der Waals surface area contributed by atoms with Gasteiger partial charge in [-0.1, -0.05) is 12.1 Å². The summed E-state index contributed by atoms with van der Waals surface area (Å²) < 4.78 is 11.2. The van der Waals surface area contributed by atoms with Gasteiger partial charge in [0.25, 0.3) is 5.79 Å². The Balaban J connectivity index is 1.78. The lowest BCUT2D eigenvalue weighted by molar-refractivity contribution is -0.628. The van der Waals surface area contributed by atoms with Gasteiger partial charge in [-0.25, -0.2) is 4.89 Å². The molecule has 1 heterocycles. The molecule has 1 saturated heterocycles. The first-order valence-corrected chi connectivity index (χ1v) is 7.33. The standard InChI is InChI=1S/C16H20O4/c1-17-14-5-3-4-13(10-14)16(18-2)15(19-20-16,11-6-7-11)12-8-9-12/h3-5,10-12H,6-9H2,1-2H3. The van der Waals surface area contributed by atoms with E-state index in [1.165, 1.54) is 25.7 Å². The van der Waals surface area contributed by atoms with Crippen molar-refractivity contribution in [1.29, 1.82) is 0 Å². The highest BCUT2D eigenvalue weighted by Gasteiger charge is 2.76. The fourth-order valence-corrected chi connectivity index (χ4v) is 3.66. The second-order valence-electron chi connectivity index (χ2n) is 6.06. The summed E-state index contributed by atoms with van der Waals surface area (Å²) >= 11 is 0. The van der Waals surface area contributed by atoms with Gasteiger partial charge in [0, 0.05) is 12.7 Å². The van der Waals surface area contributed by atoms with Crippen molar-refractivity contribution in [3.63, 3.8) is 0 Å². The third kappa shape index (κ3) is 1.47. The number of ether oxygens (including phenoxy) is 2. The Morgan fingerprint density at radius 2 is 1.75 bits per heavy atom. The van der Waals surface area contributed by atoms with E-state index in [9.17, 15) is 0 Å². The maximum absolute atomic E-state index is 5.88. The Morgan fingerprint density at radius 1 is 1.05 bits per heavy atom. The summed E-state index contributed by atoms with van der Waals surface area (Å²) in [6.07, 6.45) is 4.81. The lowest BCUT2D eigenvalue weighted by atomic mass is 9.77. The predicted molar refractivity (Wildman–Crippen MR) is 72.0 cm³/mol. The SMILES string of the molecule is COc1cccc(C2(OC)OOC2(C2CC2)C2CC2)c1. The Bertz CT molecular complexity index is 505. The number of benzene rings is 1. The van der Waals surface area contributed by atoms with Crippen molar-refractivity contribution in [1.82, 2.24) is 0 Å². The first-order chi connectivity index (χ1) is 9.77. The van der Waals surface area contributed by atoms with E-state index in [2.05, 4.69) is 0 Å². The monoisotopic (exact) mass is 276 g/mol. The maximum Gasteiger partial charge on any atom is 0.260 e. The molecule has 2 aliphatic carbocycles. The second kappa shape index (κ2) is 4.20. The van der Waals surface area contributed by atoms with Crippen molar-refractivity contribution in [3.8, 4) is 5.75 Å². The van der Waals surface area contributed by atoms with Crippen LogP contribution in [0.25, 0.3) is 0 Å². The zero-order valence-corrected chi connectivity index (χ0v) is 11.9. The van der Waals surface area contributed by atoms with Crippen LogP contribution in [0, 0.1) is 11.8 Å². The summed E-state index contributed by atoms with van der Waals surface area (Å²) in [5, 5.41) is 0. The van der Waals surface area contributed by atoms with Crippen LogP contribution in [-0.4, -0.2) is 19.8 Å². The molecule has 1 aromatic rings. The zero-order valence-electron chi connectivity index (χ0n) is 11.9. The largest absolute Gasteiger partial charge is 0.497 e. The summed E-state index contributed by atoms with van der Waals surface area (Å²) in [6, 6.07) is 7.93. The molecule has 1 aliphatic heterocycles. The molecule has 108 valence electrons. The smallest absolute Gasteiger partial charge is 0.260 e. The molecule has 3 aliphatic rings. The van der Waals surface area contributed by atoms with Gasteiger partial charge >= 0.3 is 0 Å². The Hall–Kier alpha value is -1.10. The van der Waals surface area contributed by atoms with Crippen molar-refractivity contribution in [2.45, 2.75) is 37.1 Å². The van der Waals surface area contributed by atoms with Gasteiger partial charge in [-0.15, -0.1) is 0 Å². The van der Waals surface area contributed by atoms with Gasteiger partial charge in [0.2, 0.25) is 0 Å². The van der Waals surface area contributed by atoms with Crippen LogP contribution in [-0.2, 0) is 20.3 Å². The molecule has 1 aromatic carbocycles. The lowest BCUT2D eigenvalue weighted by Gasteiger charge is -2.56. The van der Waals surface area contributed by atoms with Gasteiger partial charge in [0.05, 0.1) is 7.11 Å². The van der Waals surface area contributed by atoms with E-state index >= 15 is 0 Å². The normalized spacial score (nSPS) is 31.7. The first kappa shape index (κ1) is 12.6. The second-order valence-corrected chi connectivity index (χ2v) is 6.06. The van der Waals surface area contributed by atoms with Crippen LogP contribution >= 0.6 is 0 Å². The van der Waals surface area contributed by atoms with Crippen LogP contribution < -0.4 is 4.74 Å². The molecule has 1 unspecified atom stereocenters. The van der Waals surface area contributed by atoms with Crippen molar-refractivity contribution in [2.75, 3.05) is 14.2 Å². The minimum absolute atomic E-state index is 0.298. The molecular weight excluding hydrogens is 256 g/mol. The van der Waals surface area contributed by atoms with Gasteiger partial charge in [-0.2, -0.15) is 4.89 Å². The van der Waals surface area contributed by atoms with Crippen molar-refractivity contribution >= 4 is 0 Å². The van der Waals surface area contributed by atoms with E-state index in [1.807, 2.05) is 24.3 Å². The number of rotatable bonds is 5. The van der Waals surface area contributed by atoms with Gasteiger partial charge in [-0.3, -0.25) is 0 Å². The third-order valence-electron chi connectivity index (χ3n) is 4.92. The average Bonchev–Trinajstić information content (AvgIpc) is 3.33. The molecule has 4 rings (SSSR count). The van der Waals surface area contributed by atoms with Gasteiger partial charge in [0.15, 0.2) is 5.60 Å². The van der Waals surface area contributed by atoms with E-state index < -0.39 is 5.79 Å². The fraction of sp³-hybridized carbons (Fsp3) is 0.625. The van der Waals surface area contributed by atoms with Crippen LogP contribution in [0.3, 0.4) is 0 Å². The third-order valence-corrected chi connectivity index (χ3v) is 4.92. The molecule has 0 amide bonds. The summed E-state index contributed by atoms with van der Waals surface area (Å²) in [4.78, 5) is 11.3. The molecule has 1 atom stereocenters. The molecule has 20 heavy (non-hydrogen) atoms. The number of methoxy groups -OCH3 is 2. The molecular formula is C16H20O4. The minimum atomic E-state index is -0.774. The van der Waals surface area contributed by atoms with E-state index in [0.717, 1.165) is 11.3 Å². The van der Waals surface area contributed by atoms with Crippen LogP contribution in [0.4, 0.5) is 0 Å². The summed E-state index contributed by atoms with van der Waals surface area (Å²) in [7, 11) is 3.38. The molecule has 0 bridgehead atoms. The van der Waals surface area contributed by atoms with Crippen molar-refractivity contribution < 1.29 is 19.2 Å². The van der Waals surface area contributed by atoms with Crippen LogP contribution in [0.15, 0.2) is 24.3 Å². The molecule has 4 heteroatoms. The minimum Gasteiger partial charge on any atom is -0.497 e. The van der Waals surface area contributed by atoms with Crippen molar-refractivity contribution in [3.05, 3.63) is 29.8 Å².